The molecule has 18 heavy (non-hydrogen) atoms. The molecular formula is C15H19NO2. The largest absolute Gasteiger partial charge is 0.480 e. The minimum atomic E-state index is -0.692. The lowest BCUT2D eigenvalue weighted by molar-refractivity contribution is -0.144. The SMILES string of the molecule is O=C(O)C1CCCCN1C/C=C/c1ccccc1. The molecule has 1 aromatic rings. The van der Waals surface area contributed by atoms with E-state index in [2.05, 4.69) is 6.08 Å². The summed E-state index contributed by atoms with van der Waals surface area (Å²) in [5.41, 5.74) is 1.15. The predicted octanol–water partition coefficient (Wildman–Crippen LogP) is 2.64. The summed E-state index contributed by atoms with van der Waals surface area (Å²) in [5.74, 6) is -0.692. The summed E-state index contributed by atoms with van der Waals surface area (Å²) in [5, 5.41) is 9.16. The first kappa shape index (κ1) is 12.8. The van der Waals surface area contributed by atoms with E-state index in [0.29, 0.717) is 6.54 Å². The summed E-state index contributed by atoms with van der Waals surface area (Å²) in [4.78, 5) is 13.2. The number of carboxylic acids is 1. The fourth-order valence-electron chi connectivity index (χ4n) is 2.38. The highest BCUT2D eigenvalue weighted by Gasteiger charge is 2.27. The van der Waals surface area contributed by atoms with Crippen molar-refractivity contribution in [3.05, 3.63) is 42.0 Å². The number of carboxylic acid groups (broad SMARTS) is 1. The topological polar surface area (TPSA) is 40.5 Å². The maximum atomic E-state index is 11.1. The lowest BCUT2D eigenvalue weighted by Gasteiger charge is -2.31. The lowest BCUT2D eigenvalue weighted by atomic mass is 10.0. The number of piperidine rings is 1. The Morgan fingerprint density at radius 3 is 2.83 bits per heavy atom. The molecule has 0 saturated carbocycles. The van der Waals surface area contributed by atoms with Crippen molar-refractivity contribution in [1.29, 1.82) is 0 Å². The Balaban J connectivity index is 1.92. The van der Waals surface area contributed by atoms with Gasteiger partial charge in [-0.2, -0.15) is 0 Å². The first-order chi connectivity index (χ1) is 8.77. The molecule has 0 amide bonds. The third-order valence-corrected chi connectivity index (χ3v) is 3.35. The molecule has 3 nitrogen and oxygen atoms in total. The molecule has 1 heterocycles. The van der Waals surface area contributed by atoms with Crippen LogP contribution in [0.15, 0.2) is 36.4 Å². The minimum absolute atomic E-state index is 0.306. The molecule has 1 aliphatic rings. The molecule has 3 heteroatoms. The van der Waals surface area contributed by atoms with Crippen LogP contribution in [-0.2, 0) is 4.79 Å². The molecule has 1 aromatic carbocycles. The van der Waals surface area contributed by atoms with Gasteiger partial charge in [-0.05, 0) is 24.9 Å². The van der Waals surface area contributed by atoms with Gasteiger partial charge in [0.05, 0.1) is 0 Å². The van der Waals surface area contributed by atoms with Gasteiger partial charge in [0, 0.05) is 6.54 Å². The van der Waals surface area contributed by atoms with Crippen LogP contribution in [0.4, 0.5) is 0 Å². The molecule has 0 aliphatic carbocycles. The van der Waals surface area contributed by atoms with Crippen molar-refractivity contribution in [2.24, 2.45) is 0 Å². The van der Waals surface area contributed by atoms with Crippen LogP contribution in [0.2, 0.25) is 0 Å². The summed E-state index contributed by atoms with van der Waals surface area (Å²) >= 11 is 0. The van der Waals surface area contributed by atoms with Crippen LogP contribution in [0.5, 0.6) is 0 Å². The van der Waals surface area contributed by atoms with Gasteiger partial charge < -0.3 is 5.11 Å². The fourth-order valence-corrected chi connectivity index (χ4v) is 2.38. The molecule has 0 aromatic heterocycles. The van der Waals surface area contributed by atoms with Gasteiger partial charge in [0.15, 0.2) is 0 Å². The standard InChI is InChI=1S/C15H19NO2/c17-15(18)14-10-4-5-11-16(14)12-6-9-13-7-2-1-3-8-13/h1-3,6-9,14H,4-5,10-12H2,(H,17,18)/b9-6+. The number of hydrogen-bond acceptors (Lipinski definition) is 2. The van der Waals surface area contributed by atoms with Crippen LogP contribution < -0.4 is 0 Å². The number of rotatable bonds is 4. The van der Waals surface area contributed by atoms with Gasteiger partial charge >= 0.3 is 5.97 Å². The van der Waals surface area contributed by atoms with Crippen LogP contribution in [0, 0.1) is 0 Å². The van der Waals surface area contributed by atoms with E-state index in [1.54, 1.807) is 0 Å². The highest BCUT2D eigenvalue weighted by molar-refractivity contribution is 5.73. The summed E-state index contributed by atoms with van der Waals surface area (Å²) < 4.78 is 0. The van der Waals surface area contributed by atoms with Crippen molar-refractivity contribution < 1.29 is 9.90 Å². The molecule has 1 unspecified atom stereocenters. The average Bonchev–Trinajstić information content (AvgIpc) is 2.40. The lowest BCUT2D eigenvalue weighted by Crippen LogP contribution is -2.44. The maximum absolute atomic E-state index is 11.1. The fraction of sp³-hybridized carbons (Fsp3) is 0.400. The molecule has 1 fully saturated rings. The zero-order valence-corrected chi connectivity index (χ0v) is 10.5. The second-order valence-corrected chi connectivity index (χ2v) is 4.66. The van der Waals surface area contributed by atoms with Crippen molar-refractivity contribution in [2.75, 3.05) is 13.1 Å². The Kier molecular flexibility index (Phi) is 4.53. The van der Waals surface area contributed by atoms with E-state index < -0.39 is 5.97 Å². The molecule has 96 valence electrons. The summed E-state index contributed by atoms with van der Waals surface area (Å²) in [7, 11) is 0. The molecule has 1 saturated heterocycles. The maximum Gasteiger partial charge on any atom is 0.320 e. The molecule has 1 aliphatic heterocycles. The van der Waals surface area contributed by atoms with Crippen molar-refractivity contribution in [3.63, 3.8) is 0 Å². The van der Waals surface area contributed by atoms with E-state index in [9.17, 15) is 4.79 Å². The summed E-state index contributed by atoms with van der Waals surface area (Å²) in [6.45, 7) is 1.60. The Morgan fingerprint density at radius 1 is 1.33 bits per heavy atom. The Morgan fingerprint density at radius 2 is 2.11 bits per heavy atom. The number of hydrogen-bond donors (Lipinski definition) is 1. The van der Waals surface area contributed by atoms with Crippen LogP contribution in [0.25, 0.3) is 6.08 Å². The van der Waals surface area contributed by atoms with Gasteiger partial charge in [0.25, 0.3) is 0 Å². The van der Waals surface area contributed by atoms with E-state index in [4.69, 9.17) is 5.11 Å². The van der Waals surface area contributed by atoms with Gasteiger partial charge in [-0.25, -0.2) is 0 Å². The zero-order chi connectivity index (χ0) is 12.8. The van der Waals surface area contributed by atoms with Crippen molar-refractivity contribution in [3.8, 4) is 0 Å². The number of aliphatic carboxylic acids is 1. The minimum Gasteiger partial charge on any atom is -0.480 e. The monoisotopic (exact) mass is 245 g/mol. The summed E-state index contributed by atoms with van der Waals surface area (Å²) in [6.07, 6.45) is 7.00. The molecule has 0 bridgehead atoms. The smallest absolute Gasteiger partial charge is 0.320 e. The van der Waals surface area contributed by atoms with Gasteiger partial charge in [-0.3, -0.25) is 9.69 Å². The molecule has 2 rings (SSSR count). The quantitative estimate of drug-likeness (QED) is 0.886. The third-order valence-electron chi connectivity index (χ3n) is 3.35. The van der Waals surface area contributed by atoms with Gasteiger partial charge in [0.1, 0.15) is 6.04 Å². The second-order valence-electron chi connectivity index (χ2n) is 4.66. The Labute approximate surface area is 108 Å². The number of likely N-dealkylation sites (tertiary alicyclic amines) is 1. The Hall–Kier alpha value is -1.61. The van der Waals surface area contributed by atoms with Crippen LogP contribution in [-0.4, -0.2) is 35.1 Å². The van der Waals surface area contributed by atoms with Crippen LogP contribution >= 0.6 is 0 Å². The Bertz CT molecular complexity index is 414. The van der Waals surface area contributed by atoms with E-state index in [0.717, 1.165) is 31.4 Å². The molecule has 1 atom stereocenters. The molecule has 0 radical (unpaired) electrons. The summed E-state index contributed by atoms with van der Waals surface area (Å²) in [6, 6.07) is 9.77. The number of nitrogens with zero attached hydrogens (tertiary/aromatic N) is 1. The number of carbonyl (C=O) groups is 1. The van der Waals surface area contributed by atoms with Crippen molar-refractivity contribution >= 4 is 12.0 Å². The zero-order valence-electron chi connectivity index (χ0n) is 10.5. The van der Waals surface area contributed by atoms with Gasteiger partial charge in [0.2, 0.25) is 0 Å². The highest BCUT2D eigenvalue weighted by Crippen LogP contribution is 2.17. The van der Waals surface area contributed by atoms with Crippen molar-refractivity contribution in [2.45, 2.75) is 25.3 Å². The van der Waals surface area contributed by atoms with Crippen molar-refractivity contribution in [1.82, 2.24) is 4.90 Å². The second kappa shape index (κ2) is 6.36. The normalized spacial score (nSPS) is 21.2. The van der Waals surface area contributed by atoms with Crippen LogP contribution in [0.3, 0.4) is 0 Å². The van der Waals surface area contributed by atoms with E-state index in [1.165, 1.54) is 0 Å². The highest BCUT2D eigenvalue weighted by atomic mass is 16.4. The predicted molar refractivity (Wildman–Crippen MR) is 72.3 cm³/mol. The first-order valence-electron chi connectivity index (χ1n) is 6.46. The van der Waals surface area contributed by atoms with E-state index >= 15 is 0 Å². The van der Waals surface area contributed by atoms with Gasteiger partial charge in [-0.15, -0.1) is 0 Å². The number of benzene rings is 1. The van der Waals surface area contributed by atoms with E-state index in [1.807, 2.05) is 41.3 Å². The molecule has 0 spiro atoms. The molecular weight excluding hydrogens is 226 g/mol. The van der Waals surface area contributed by atoms with Gasteiger partial charge in [-0.1, -0.05) is 48.9 Å². The average molecular weight is 245 g/mol. The van der Waals surface area contributed by atoms with Crippen LogP contribution in [0.1, 0.15) is 24.8 Å². The first-order valence-corrected chi connectivity index (χ1v) is 6.46. The third kappa shape index (κ3) is 3.44. The molecule has 1 N–H and O–H groups in total. The van der Waals surface area contributed by atoms with E-state index in [-0.39, 0.29) is 6.04 Å².